The molecule has 0 aliphatic rings. The number of aromatic hydroxyl groups is 1. The normalized spacial score (nSPS) is 10.2. The number of nitrogens with zero attached hydrogens (tertiary/aromatic N) is 2. The van der Waals surface area contributed by atoms with Gasteiger partial charge in [-0.2, -0.15) is 5.10 Å². The average molecular weight is 240 g/mol. The monoisotopic (exact) mass is 240 g/mol. The zero-order valence-electron chi connectivity index (χ0n) is 7.95. The summed E-state index contributed by atoms with van der Waals surface area (Å²) in [6.45, 7) is 0. The molecule has 0 aromatic heterocycles. The van der Waals surface area contributed by atoms with Gasteiger partial charge in [0.15, 0.2) is 5.11 Å². The summed E-state index contributed by atoms with van der Waals surface area (Å²) < 4.78 is 0. The van der Waals surface area contributed by atoms with Gasteiger partial charge in [-0.25, -0.2) is 0 Å². The van der Waals surface area contributed by atoms with Gasteiger partial charge in [-0.3, -0.25) is 15.5 Å². The first-order valence-electron chi connectivity index (χ1n) is 4.06. The van der Waals surface area contributed by atoms with Crippen molar-refractivity contribution in [3.05, 3.63) is 33.9 Å². The van der Waals surface area contributed by atoms with Crippen LogP contribution in [0.15, 0.2) is 23.3 Å². The van der Waals surface area contributed by atoms with Crippen LogP contribution in [-0.4, -0.2) is 21.4 Å². The molecule has 0 amide bonds. The summed E-state index contributed by atoms with van der Waals surface area (Å²) in [6.07, 6.45) is 1.26. The zero-order valence-corrected chi connectivity index (χ0v) is 8.77. The second-order valence-electron chi connectivity index (χ2n) is 2.77. The highest BCUT2D eigenvalue weighted by molar-refractivity contribution is 7.80. The van der Waals surface area contributed by atoms with E-state index in [1.54, 1.807) is 0 Å². The Morgan fingerprint density at radius 1 is 1.62 bits per heavy atom. The quantitative estimate of drug-likeness (QED) is 0.306. The summed E-state index contributed by atoms with van der Waals surface area (Å²) in [4.78, 5) is 9.87. The van der Waals surface area contributed by atoms with E-state index in [2.05, 4.69) is 22.7 Å². The summed E-state index contributed by atoms with van der Waals surface area (Å²) in [5.41, 5.74) is 7.53. The van der Waals surface area contributed by atoms with Crippen LogP contribution in [0.1, 0.15) is 5.56 Å². The molecule has 8 heteroatoms. The van der Waals surface area contributed by atoms with E-state index in [4.69, 9.17) is 5.73 Å². The van der Waals surface area contributed by atoms with Gasteiger partial charge >= 0.3 is 0 Å². The van der Waals surface area contributed by atoms with Crippen molar-refractivity contribution in [2.75, 3.05) is 0 Å². The Bertz CT molecular complexity index is 461. The number of hydrogen-bond donors (Lipinski definition) is 3. The summed E-state index contributed by atoms with van der Waals surface area (Å²) in [5, 5.41) is 23.3. The summed E-state index contributed by atoms with van der Waals surface area (Å²) >= 11 is 4.50. The van der Waals surface area contributed by atoms with Crippen LogP contribution >= 0.6 is 12.2 Å². The first-order chi connectivity index (χ1) is 7.49. The average Bonchev–Trinajstić information content (AvgIpc) is 2.16. The van der Waals surface area contributed by atoms with Gasteiger partial charge in [0, 0.05) is 11.6 Å². The van der Waals surface area contributed by atoms with Gasteiger partial charge in [0.1, 0.15) is 5.75 Å². The molecule has 1 aromatic rings. The number of nitrogens with one attached hydrogen (secondary N) is 1. The Kier molecular flexibility index (Phi) is 3.72. The number of hydrogen-bond acceptors (Lipinski definition) is 5. The number of benzene rings is 1. The molecule has 0 saturated heterocycles. The van der Waals surface area contributed by atoms with E-state index in [1.165, 1.54) is 18.3 Å². The highest BCUT2D eigenvalue weighted by Crippen LogP contribution is 2.20. The molecule has 0 heterocycles. The van der Waals surface area contributed by atoms with Gasteiger partial charge < -0.3 is 10.8 Å². The maximum atomic E-state index is 10.5. The van der Waals surface area contributed by atoms with Crippen molar-refractivity contribution in [3.63, 3.8) is 0 Å². The van der Waals surface area contributed by atoms with Crippen molar-refractivity contribution < 1.29 is 10.0 Å². The molecule has 0 aliphatic heterocycles. The van der Waals surface area contributed by atoms with Crippen molar-refractivity contribution in [2.45, 2.75) is 0 Å². The Labute approximate surface area is 95.7 Å². The van der Waals surface area contributed by atoms with E-state index < -0.39 is 4.92 Å². The van der Waals surface area contributed by atoms with Crippen LogP contribution in [0.3, 0.4) is 0 Å². The number of phenols is 1. The Morgan fingerprint density at radius 3 is 2.88 bits per heavy atom. The largest absolute Gasteiger partial charge is 0.508 e. The third-order valence-electron chi connectivity index (χ3n) is 1.52. The second-order valence-corrected chi connectivity index (χ2v) is 3.21. The lowest BCUT2D eigenvalue weighted by atomic mass is 10.2. The highest BCUT2D eigenvalue weighted by atomic mass is 32.1. The topological polar surface area (TPSA) is 114 Å². The van der Waals surface area contributed by atoms with Crippen LogP contribution in [0.25, 0.3) is 0 Å². The number of nitro groups is 1. The van der Waals surface area contributed by atoms with Gasteiger partial charge in [0.05, 0.1) is 17.2 Å². The number of nitrogens with two attached hydrogens (primary N) is 1. The molecule has 1 aromatic carbocycles. The smallest absolute Gasteiger partial charge is 0.273 e. The minimum absolute atomic E-state index is 0.0223. The van der Waals surface area contributed by atoms with Gasteiger partial charge in [-0.15, -0.1) is 0 Å². The van der Waals surface area contributed by atoms with Crippen LogP contribution in [0.2, 0.25) is 0 Å². The van der Waals surface area contributed by atoms with Crippen molar-refractivity contribution in [1.29, 1.82) is 0 Å². The van der Waals surface area contributed by atoms with Gasteiger partial charge in [-0.1, -0.05) is 0 Å². The lowest BCUT2D eigenvalue weighted by molar-refractivity contribution is -0.384. The molecular formula is C8H8N4O3S. The predicted octanol–water partition coefficient (Wildman–Crippen LogP) is 0.468. The molecule has 0 saturated carbocycles. The molecule has 0 spiro atoms. The van der Waals surface area contributed by atoms with Crippen LogP contribution in [0.4, 0.5) is 5.69 Å². The Balaban J connectivity index is 2.92. The Hall–Kier alpha value is -2.22. The molecule has 84 valence electrons. The van der Waals surface area contributed by atoms with Gasteiger partial charge in [0.2, 0.25) is 0 Å². The van der Waals surface area contributed by atoms with Crippen LogP contribution in [0, 0.1) is 10.1 Å². The molecule has 4 N–H and O–H groups in total. The molecule has 0 bridgehead atoms. The number of hydrazone groups is 1. The standard InChI is InChI=1S/C8H8N4O3S/c9-8(16)11-10-4-5-1-6(12(14)15)3-7(13)2-5/h1-4,13H,(H3,9,11,16). The summed E-state index contributed by atoms with van der Waals surface area (Å²) in [6, 6.07) is 3.61. The Morgan fingerprint density at radius 2 is 2.31 bits per heavy atom. The predicted molar refractivity (Wildman–Crippen MR) is 62.3 cm³/mol. The fraction of sp³-hybridized carbons (Fsp3) is 0. The molecule has 0 aliphatic carbocycles. The van der Waals surface area contributed by atoms with Crippen LogP contribution in [-0.2, 0) is 0 Å². The van der Waals surface area contributed by atoms with Crippen molar-refractivity contribution in [3.8, 4) is 5.75 Å². The highest BCUT2D eigenvalue weighted by Gasteiger charge is 2.07. The maximum absolute atomic E-state index is 10.5. The van der Waals surface area contributed by atoms with Crippen molar-refractivity contribution in [2.24, 2.45) is 10.8 Å². The second kappa shape index (κ2) is 5.03. The van der Waals surface area contributed by atoms with E-state index in [1.807, 2.05) is 0 Å². The van der Waals surface area contributed by atoms with Crippen molar-refractivity contribution >= 4 is 29.2 Å². The van der Waals surface area contributed by atoms with Gasteiger partial charge in [-0.05, 0) is 18.3 Å². The lowest BCUT2D eigenvalue weighted by Gasteiger charge is -1.97. The van der Waals surface area contributed by atoms with E-state index in [0.29, 0.717) is 5.56 Å². The molecule has 0 fully saturated rings. The molecule has 7 nitrogen and oxygen atoms in total. The van der Waals surface area contributed by atoms with E-state index in [9.17, 15) is 15.2 Å². The number of phenolic OH excluding ortho intramolecular Hbond substituents is 1. The van der Waals surface area contributed by atoms with Crippen LogP contribution < -0.4 is 11.2 Å². The third kappa shape index (κ3) is 3.50. The van der Waals surface area contributed by atoms with Crippen molar-refractivity contribution in [1.82, 2.24) is 5.43 Å². The third-order valence-corrected chi connectivity index (χ3v) is 1.62. The molecular weight excluding hydrogens is 232 g/mol. The minimum Gasteiger partial charge on any atom is -0.508 e. The van der Waals surface area contributed by atoms with E-state index in [0.717, 1.165) is 6.07 Å². The molecule has 0 atom stereocenters. The number of non-ortho nitro benzene ring substituents is 1. The molecule has 0 radical (unpaired) electrons. The summed E-state index contributed by atoms with van der Waals surface area (Å²) in [5.74, 6) is -0.217. The van der Waals surface area contributed by atoms with E-state index in [-0.39, 0.29) is 16.5 Å². The lowest BCUT2D eigenvalue weighted by Crippen LogP contribution is -2.23. The summed E-state index contributed by atoms with van der Waals surface area (Å²) in [7, 11) is 0. The minimum atomic E-state index is -0.613. The fourth-order valence-corrected chi connectivity index (χ4v) is 1.02. The molecule has 0 unspecified atom stereocenters. The van der Waals surface area contributed by atoms with Crippen LogP contribution in [0.5, 0.6) is 5.75 Å². The number of rotatable bonds is 3. The first-order valence-corrected chi connectivity index (χ1v) is 4.47. The zero-order chi connectivity index (χ0) is 12.1. The number of nitro benzene ring substituents is 1. The molecule has 1 rings (SSSR count). The molecule has 16 heavy (non-hydrogen) atoms. The fourth-order valence-electron chi connectivity index (χ4n) is 0.968. The van der Waals surface area contributed by atoms with E-state index >= 15 is 0 Å². The van der Waals surface area contributed by atoms with Gasteiger partial charge in [0.25, 0.3) is 5.69 Å². The SMILES string of the molecule is NC(=S)NN=Cc1cc(O)cc([N+](=O)[O-])c1. The first kappa shape index (κ1) is 11.9. The maximum Gasteiger partial charge on any atom is 0.273 e. The number of thiocarbonyl (C=S) groups is 1.